The molecule has 0 fully saturated rings. The molecule has 0 radical (unpaired) electrons. The van der Waals surface area contributed by atoms with Crippen LogP contribution in [0.4, 0.5) is 0 Å². The fourth-order valence-electron chi connectivity index (χ4n) is 1.30. The van der Waals surface area contributed by atoms with Gasteiger partial charge < -0.3 is 5.73 Å². The van der Waals surface area contributed by atoms with Crippen molar-refractivity contribution in [3.8, 4) is 0 Å². The minimum Gasteiger partial charge on any atom is -0.322 e. The predicted molar refractivity (Wildman–Crippen MR) is 64.7 cm³/mol. The lowest BCUT2D eigenvalue weighted by Crippen LogP contribution is -2.14. The molecule has 1 atom stereocenters. The molecular formula is C10H10BrN3S. The lowest BCUT2D eigenvalue weighted by atomic mass is 10.1. The molecule has 0 bridgehead atoms. The van der Waals surface area contributed by atoms with Crippen LogP contribution in [0.1, 0.15) is 16.6 Å². The van der Waals surface area contributed by atoms with Crippen LogP contribution in [-0.2, 0) is 6.42 Å². The van der Waals surface area contributed by atoms with E-state index in [1.54, 1.807) is 17.5 Å². The molecule has 0 spiro atoms. The van der Waals surface area contributed by atoms with Crippen molar-refractivity contribution in [2.75, 3.05) is 0 Å². The normalized spacial score (nSPS) is 12.7. The maximum Gasteiger partial charge on any atom is 0.115 e. The Labute approximate surface area is 101 Å². The van der Waals surface area contributed by atoms with Crippen molar-refractivity contribution in [2.24, 2.45) is 5.73 Å². The van der Waals surface area contributed by atoms with Crippen LogP contribution >= 0.6 is 27.3 Å². The van der Waals surface area contributed by atoms with Crippen molar-refractivity contribution in [1.82, 2.24) is 9.97 Å². The molecule has 0 aromatic carbocycles. The van der Waals surface area contributed by atoms with Crippen molar-refractivity contribution < 1.29 is 0 Å². The van der Waals surface area contributed by atoms with Crippen molar-refractivity contribution in [3.05, 3.63) is 45.1 Å². The van der Waals surface area contributed by atoms with Gasteiger partial charge in [-0.25, -0.2) is 9.97 Å². The summed E-state index contributed by atoms with van der Waals surface area (Å²) in [6, 6.07) is 5.91. The number of halogens is 1. The first-order valence-electron chi connectivity index (χ1n) is 4.51. The highest BCUT2D eigenvalue weighted by molar-refractivity contribution is 9.11. The van der Waals surface area contributed by atoms with E-state index in [0.29, 0.717) is 0 Å². The smallest absolute Gasteiger partial charge is 0.115 e. The van der Waals surface area contributed by atoms with Gasteiger partial charge in [0.25, 0.3) is 0 Å². The summed E-state index contributed by atoms with van der Waals surface area (Å²) in [6.07, 6.45) is 4.05. The molecule has 0 aliphatic carbocycles. The van der Waals surface area contributed by atoms with Crippen LogP contribution < -0.4 is 5.73 Å². The largest absolute Gasteiger partial charge is 0.322 e. The van der Waals surface area contributed by atoms with Gasteiger partial charge in [-0.3, -0.25) is 0 Å². The van der Waals surface area contributed by atoms with E-state index in [2.05, 4.69) is 32.0 Å². The topological polar surface area (TPSA) is 51.8 Å². The van der Waals surface area contributed by atoms with Gasteiger partial charge in [0.15, 0.2) is 0 Å². The maximum atomic E-state index is 6.04. The minimum atomic E-state index is -0.0569. The Kier molecular flexibility index (Phi) is 3.45. The first-order valence-corrected chi connectivity index (χ1v) is 6.12. The summed E-state index contributed by atoms with van der Waals surface area (Å²) in [5.41, 5.74) is 6.92. The molecule has 0 saturated carbocycles. The van der Waals surface area contributed by atoms with Gasteiger partial charge in [0.2, 0.25) is 0 Å². The zero-order chi connectivity index (χ0) is 10.7. The molecule has 2 aromatic heterocycles. The standard InChI is InChI=1S/C10H10BrN3S/c11-10-2-1-7(15-10)5-8(12)9-3-4-13-6-14-9/h1-4,6,8H,5,12H2. The highest BCUT2D eigenvalue weighted by Gasteiger charge is 2.09. The first kappa shape index (κ1) is 10.7. The first-order chi connectivity index (χ1) is 7.25. The molecular weight excluding hydrogens is 274 g/mol. The number of nitrogens with two attached hydrogens (primary N) is 1. The van der Waals surface area contributed by atoms with Gasteiger partial charge in [-0.1, -0.05) is 0 Å². The molecule has 0 aliphatic rings. The van der Waals surface area contributed by atoms with E-state index in [1.165, 1.54) is 11.2 Å². The molecule has 0 aliphatic heterocycles. The summed E-state index contributed by atoms with van der Waals surface area (Å²) in [5, 5.41) is 0. The highest BCUT2D eigenvalue weighted by atomic mass is 79.9. The van der Waals surface area contributed by atoms with Gasteiger partial charge in [0.1, 0.15) is 6.33 Å². The molecule has 5 heteroatoms. The van der Waals surface area contributed by atoms with Gasteiger partial charge in [-0.15, -0.1) is 11.3 Å². The molecule has 1 unspecified atom stereocenters. The Morgan fingerprint density at radius 2 is 2.27 bits per heavy atom. The van der Waals surface area contributed by atoms with Crippen molar-refractivity contribution in [1.29, 1.82) is 0 Å². The van der Waals surface area contributed by atoms with E-state index < -0.39 is 0 Å². The van der Waals surface area contributed by atoms with Crippen LogP contribution in [0.5, 0.6) is 0 Å². The summed E-state index contributed by atoms with van der Waals surface area (Å²) in [4.78, 5) is 9.26. The maximum absolute atomic E-state index is 6.04. The van der Waals surface area contributed by atoms with Gasteiger partial charge in [-0.2, -0.15) is 0 Å². The number of hydrogen-bond acceptors (Lipinski definition) is 4. The van der Waals surface area contributed by atoms with Gasteiger partial charge in [-0.05, 0) is 34.1 Å². The van der Waals surface area contributed by atoms with Crippen LogP contribution in [0, 0.1) is 0 Å². The third-order valence-electron chi connectivity index (χ3n) is 2.03. The number of nitrogens with zero attached hydrogens (tertiary/aromatic N) is 2. The molecule has 0 saturated heterocycles. The zero-order valence-corrected chi connectivity index (χ0v) is 10.3. The molecule has 0 amide bonds. The second-order valence-corrected chi connectivity index (χ2v) is 5.70. The van der Waals surface area contributed by atoms with E-state index in [4.69, 9.17) is 5.73 Å². The van der Waals surface area contributed by atoms with Crippen LogP contribution in [0.2, 0.25) is 0 Å². The Bertz CT molecular complexity index is 429. The van der Waals surface area contributed by atoms with Gasteiger partial charge in [0.05, 0.1) is 15.5 Å². The average Bonchev–Trinajstić information content (AvgIpc) is 2.65. The van der Waals surface area contributed by atoms with Gasteiger partial charge in [0, 0.05) is 17.5 Å². The predicted octanol–water partition coefficient (Wildman–Crippen LogP) is 2.54. The van der Waals surface area contributed by atoms with E-state index in [9.17, 15) is 0 Å². The Balaban J connectivity index is 2.07. The lowest BCUT2D eigenvalue weighted by molar-refractivity contribution is 0.700. The van der Waals surface area contributed by atoms with Gasteiger partial charge >= 0.3 is 0 Å². The summed E-state index contributed by atoms with van der Waals surface area (Å²) >= 11 is 5.13. The average molecular weight is 284 g/mol. The SMILES string of the molecule is NC(Cc1ccc(Br)s1)c1ccncn1. The Hall–Kier alpha value is -0.780. The quantitative estimate of drug-likeness (QED) is 0.942. The van der Waals surface area contributed by atoms with Crippen molar-refractivity contribution in [3.63, 3.8) is 0 Å². The monoisotopic (exact) mass is 283 g/mol. The second-order valence-electron chi connectivity index (χ2n) is 3.15. The summed E-state index contributed by atoms with van der Waals surface area (Å²) < 4.78 is 1.13. The Morgan fingerprint density at radius 3 is 2.87 bits per heavy atom. The van der Waals surface area contributed by atoms with Crippen LogP contribution in [0.15, 0.2) is 34.5 Å². The fourth-order valence-corrected chi connectivity index (χ4v) is 2.84. The van der Waals surface area contributed by atoms with E-state index >= 15 is 0 Å². The number of thiophene rings is 1. The number of aromatic nitrogens is 2. The molecule has 15 heavy (non-hydrogen) atoms. The second kappa shape index (κ2) is 4.83. The Morgan fingerprint density at radius 1 is 1.40 bits per heavy atom. The van der Waals surface area contributed by atoms with E-state index in [0.717, 1.165) is 15.9 Å². The molecule has 78 valence electrons. The minimum absolute atomic E-state index is 0.0569. The summed E-state index contributed by atoms with van der Waals surface area (Å²) in [7, 11) is 0. The van der Waals surface area contributed by atoms with Crippen molar-refractivity contribution in [2.45, 2.75) is 12.5 Å². The molecule has 2 N–H and O–H groups in total. The molecule has 2 rings (SSSR count). The molecule has 2 aromatic rings. The number of hydrogen-bond donors (Lipinski definition) is 1. The summed E-state index contributed by atoms with van der Waals surface area (Å²) in [6.45, 7) is 0. The van der Waals surface area contributed by atoms with Crippen LogP contribution in [-0.4, -0.2) is 9.97 Å². The van der Waals surface area contributed by atoms with Crippen LogP contribution in [0.25, 0.3) is 0 Å². The van der Waals surface area contributed by atoms with E-state index in [1.807, 2.05) is 12.1 Å². The van der Waals surface area contributed by atoms with Crippen molar-refractivity contribution >= 4 is 27.3 Å². The fraction of sp³-hybridized carbons (Fsp3) is 0.200. The number of rotatable bonds is 3. The van der Waals surface area contributed by atoms with E-state index in [-0.39, 0.29) is 6.04 Å². The highest BCUT2D eigenvalue weighted by Crippen LogP contribution is 2.25. The summed E-state index contributed by atoms with van der Waals surface area (Å²) in [5.74, 6) is 0. The third kappa shape index (κ3) is 2.84. The molecule has 3 nitrogen and oxygen atoms in total. The van der Waals surface area contributed by atoms with Crippen LogP contribution in [0.3, 0.4) is 0 Å². The zero-order valence-electron chi connectivity index (χ0n) is 7.93. The third-order valence-corrected chi connectivity index (χ3v) is 3.68. The molecule has 2 heterocycles. The lowest BCUT2D eigenvalue weighted by Gasteiger charge is -2.08.